The number of Topliss-reactive ketones (excluding diaryl/α,β-unsaturated/α-hetero) is 2. The Morgan fingerprint density at radius 2 is 0.904 bits per heavy atom. The van der Waals surface area contributed by atoms with Crippen LogP contribution in [-0.4, -0.2) is 197 Å². The second kappa shape index (κ2) is 32.5. The maximum Gasteiger partial charge on any atom is 0.307 e. The molecule has 8 heterocycles. The number of hydrogen-bond donors (Lipinski definition) is 2. The van der Waals surface area contributed by atoms with Gasteiger partial charge >= 0.3 is 11.9 Å². The number of sulfonamides is 2. The number of ether oxygens (including phenoxy) is 10. The highest BCUT2D eigenvalue weighted by Crippen LogP contribution is 2.59. The third-order valence-corrected chi connectivity index (χ3v) is 30.0. The molecule has 14 atom stereocenters. The van der Waals surface area contributed by atoms with E-state index in [1.54, 1.807) is 66.2 Å². The molecule has 0 spiro atoms. The van der Waals surface area contributed by atoms with E-state index in [1.807, 2.05) is 62.4 Å². The van der Waals surface area contributed by atoms with Gasteiger partial charge in [0.2, 0.25) is 67.2 Å². The van der Waals surface area contributed by atoms with Crippen molar-refractivity contribution in [1.82, 2.24) is 29.2 Å². The predicted octanol–water partition coefficient (Wildman–Crippen LogP) is 9.83. The van der Waals surface area contributed by atoms with Gasteiger partial charge in [0, 0.05) is 48.6 Å². The molecular formula is C84H110N6O22S2. The van der Waals surface area contributed by atoms with Crippen molar-refractivity contribution >= 4 is 88.7 Å². The normalized spacial score (nSPS) is 31.4. The zero-order valence-electron chi connectivity index (χ0n) is 67.4. The fourth-order valence-electron chi connectivity index (χ4n) is 17.4. The van der Waals surface area contributed by atoms with Gasteiger partial charge in [-0.15, -0.1) is 0 Å². The van der Waals surface area contributed by atoms with Gasteiger partial charge in [0.05, 0.1) is 125 Å². The quantitative estimate of drug-likeness (QED) is 0.0613. The van der Waals surface area contributed by atoms with E-state index < -0.39 is 111 Å². The highest BCUT2D eigenvalue weighted by atomic mass is 32.2. The molecule has 620 valence electrons. The first kappa shape index (κ1) is 83.5. The van der Waals surface area contributed by atoms with Crippen LogP contribution in [0.3, 0.4) is 0 Å². The number of ketones is 2. The largest absolute Gasteiger partial charge is 0.497 e. The number of hydrogen-bond acceptors (Lipinski definition) is 24. The molecule has 2 aromatic carbocycles. The monoisotopic (exact) mass is 1620 g/mol. The molecule has 4 aromatic rings. The standard InChI is InChI=1S/2C42H55N3O11S/c2*1-25-9-7-8-10-28-20-42(28,39(49)44-57(50,51)41(4)13-14-41)21-34(46)33-18-30(55-37-31-12-11-29(52-5)16-27(31)17-35(43-37)53-6)22-45(33)38(48)32(26(2)15-25)19-36(47)56-40(3)23-54-24-40/h2*8,10-12,16-17,25-26,28,30,32-33H,7,9,13-15,18-24H2,1-6H3,(H,44,49)/b2*10-8-/t25-,26+,28+,30+,32-,33-,42+;25-,26-,28-,30-,32+,33+,42-/m01/s1. The van der Waals surface area contributed by atoms with Gasteiger partial charge in [-0.1, -0.05) is 52.0 Å². The average Bonchev–Trinajstić information content (AvgIpc) is 1.57. The zero-order chi connectivity index (χ0) is 81.8. The molecule has 2 aromatic heterocycles. The van der Waals surface area contributed by atoms with E-state index in [4.69, 9.17) is 47.4 Å². The lowest BCUT2D eigenvalue weighted by Crippen LogP contribution is -2.51. The van der Waals surface area contributed by atoms with Crippen molar-refractivity contribution in [2.24, 2.45) is 58.2 Å². The van der Waals surface area contributed by atoms with E-state index in [0.29, 0.717) is 98.2 Å². The second-order valence-electron chi connectivity index (χ2n) is 35.2. The Balaban J connectivity index is 0.000000199. The van der Waals surface area contributed by atoms with Crippen LogP contribution < -0.4 is 37.9 Å². The van der Waals surface area contributed by atoms with E-state index in [-0.39, 0.29) is 149 Å². The number of nitrogens with one attached hydrogen (secondary N) is 2. The topological polar surface area (TPSA) is 353 Å². The Bertz CT molecular complexity index is 4400. The summed E-state index contributed by atoms with van der Waals surface area (Å²) in [7, 11) is -1.80. The second-order valence-corrected chi connectivity index (χ2v) is 39.6. The highest BCUT2D eigenvalue weighted by molar-refractivity contribution is 7.92. The minimum absolute atomic E-state index is 0.0143. The molecule has 30 heteroatoms. The molecule has 4 aliphatic carbocycles. The molecule has 6 aliphatic heterocycles. The fourth-order valence-corrected chi connectivity index (χ4v) is 20.0. The number of fused-ring (bicyclic) bond motifs is 6. The summed E-state index contributed by atoms with van der Waals surface area (Å²) in [6.07, 6.45) is 12.5. The van der Waals surface area contributed by atoms with Crippen LogP contribution in [0.15, 0.2) is 72.8 Å². The van der Waals surface area contributed by atoms with Crippen LogP contribution in [0.5, 0.6) is 35.0 Å². The average molecular weight is 1620 g/mol. The van der Waals surface area contributed by atoms with Gasteiger partial charge in [0.15, 0.2) is 22.8 Å². The number of benzene rings is 2. The third-order valence-electron chi connectivity index (χ3n) is 25.6. The third kappa shape index (κ3) is 17.8. The van der Waals surface area contributed by atoms with Gasteiger partial charge in [-0.3, -0.25) is 47.8 Å². The molecule has 8 fully saturated rings. The Kier molecular flexibility index (Phi) is 23.8. The summed E-state index contributed by atoms with van der Waals surface area (Å²) in [4.78, 5) is 127. The summed E-state index contributed by atoms with van der Waals surface area (Å²) in [5.74, 6) is -3.96. The number of amides is 4. The molecule has 2 N–H and O–H groups in total. The van der Waals surface area contributed by atoms with E-state index in [0.717, 1.165) is 23.6 Å². The lowest BCUT2D eigenvalue weighted by Gasteiger charge is -2.38. The number of esters is 2. The Morgan fingerprint density at radius 3 is 1.24 bits per heavy atom. The predicted molar refractivity (Wildman–Crippen MR) is 418 cm³/mol. The Morgan fingerprint density at radius 1 is 0.526 bits per heavy atom. The van der Waals surface area contributed by atoms with Crippen LogP contribution in [-0.2, 0) is 77.4 Å². The van der Waals surface area contributed by atoms with Gasteiger partial charge in [0.1, 0.15) is 23.7 Å². The lowest BCUT2D eigenvalue weighted by atomic mass is 9.82. The van der Waals surface area contributed by atoms with Gasteiger partial charge in [-0.25, -0.2) is 16.8 Å². The number of allylic oxidation sites excluding steroid dienone is 4. The number of methoxy groups -OCH3 is 4. The van der Waals surface area contributed by atoms with Gasteiger partial charge in [-0.05, 0) is 187 Å². The summed E-state index contributed by atoms with van der Waals surface area (Å²) >= 11 is 0. The number of nitrogens with zero attached hydrogens (tertiary/aromatic N) is 4. The number of pyridine rings is 2. The van der Waals surface area contributed by atoms with E-state index in [9.17, 15) is 55.2 Å². The first-order valence-electron chi connectivity index (χ1n) is 40.1. The minimum Gasteiger partial charge on any atom is -0.497 e. The first-order valence-corrected chi connectivity index (χ1v) is 43.1. The molecule has 10 aliphatic rings. The first-order chi connectivity index (χ1) is 54.0. The maximum atomic E-state index is 15.0. The van der Waals surface area contributed by atoms with Crippen LogP contribution in [0, 0.1) is 58.2 Å². The van der Waals surface area contributed by atoms with Gasteiger partial charge < -0.3 is 57.2 Å². The number of aromatic nitrogens is 2. The van der Waals surface area contributed by atoms with Crippen molar-refractivity contribution in [1.29, 1.82) is 0 Å². The zero-order valence-corrected chi connectivity index (χ0v) is 69.0. The minimum atomic E-state index is -3.97. The van der Waals surface area contributed by atoms with Crippen LogP contribution in [0.2, 0.25) is 0 Å². The smallest absolute Gasteiger partial charge is 0.307 e. The van der Waals surface area contributed by atoms with Crippen molar-refractivity contribution in [3.8, 4) is 35.0 Å². The molecule has 0 unspecified atom stereocenters. The summed E-state index contributed by atoms with van der Waals surface area (Å²) < 4.78 is 113. The van der Waals surface area contributed by atoms with Crippen molar-refractivity contribution in [2.45, 2.75) is 216 Å². The molecule has 0 radical (unpaired) electrons. The molecular weight excluding hydrogens is 1510 g/mol. The van der Waals surface area contributed by atoms with Crippen molar-refractivity contribution in [3.63, 3.8) is 0 Å². The molecule has 14 rings (SSSR count). The molecule has 4 saturated carbocycles. The lowest BCUT2D eigenvalue weighted by molar-refractivity contribution is -0.208. The van der Waals surface area contributed by atoms with E-state index >= 15 is 0 Å². The summed E-state index contributed by atoms with van der Waals surface area (Å²) in [5.41, 5.74) is -4.09. The summed E-state index contributed by atoms with van der Waals surface area (Å²) in [6.45, 7) is 16.1. The maximum absolute atomic E-state index is 15.0. The summed E-state index contributed by atoms with van der Waals surface area (Å²) in [5, 5.41) is 2.84. The SMILES string of the molecule is COc1ccc2c(O[C@@H]3C[C@H]4C(=O)C[C@]5(C(=O)NS(=O)(=O)C6(C)CC6)C[C@H]5/C=C\CC[C@@H](C)C[C@@H](C)[C@H](CC(=O)OC5(C)COC5)C(=O)N4C3)nc(OC)cc2c1.COc1ccc2c(O[C@@H]3C[C@H]4C(=O)C[C@]5(C(=O)NS(=O)(=O)C6(C)CC6)C[C@H]5/C=C\CC[C@H](C)C[C@@H](C)[C@H](CC(=O)OC5(C)COC5)C(=O)N4C3)nc(OC)cc2c1. The van der Waals surface area contributed by atoms with Crippen molar-refractivity contribution < 1.29 is 103 Å². The summed E-state index contributed by atoms with van der Waals surface area (Å²) in [6, 6.07) is 12.3. The van der Waals surface area contributed by atoms with Gasteiger partial charge in [-0.2, -0.15) is 9.97 Å². The van der Waals surface area contributed by atoms with E-state index in [1.165, 1.54) is 24.0 Å². The van der Waals surface area contributed by atoms with Crippen LogP contribution in [0.25, 0.3) is 21.5 Å². The van der Waals surface area contributed by atoms with Crippen LogP contribution in [0.1, 0.15) is 171 Å². The molecule has 4 saturated heterocycles. The number of carbonyl (C=O) groups is 8. The molecule has 4 amide bonds. The van der Waals surface area contributed by atoms with E-state index in [2.05, 4.69) is 33.3 Å². The van der Waals surface area contributed by atoms with Gasteiger partial charge in [0.25, 0.3) is 0 Å². The van der Waals surface area contributed by atoms with Crippen molar-refractivity contribution in [2.75, 3.05) is 68.0 Å². The molecule has 114 heavy (non-hydrogen) atoms. The Labute approximate surface area is 667 Å². The number of rotatable bonds is 20. The van der Waals surface area contributed by atoms with Crippen LogP contribution >= 0.6 is 0 Å². The highest BCUT2D eigenvalue weighted by Gasteiger charge is 2.65. The molecule has 28 nitrogen and oxygen atoms in total. The van der Waals surface area contributed by atoms with Crippen molar-refractivity contribution in [3.05, 3.63) is 72.8 Å². The fraction of sp³-hybridized carbons (Fsp3) is 0.643. The Hall–Kier alpha value is -8.48. The van der Waals surface area contributed by atoms with Crippen LogP contribution in [0.4, 0.5) is 0 Å². The number of carbonyl (C=O) groups excluding carboxylic acids is 8. The molecule has 0 bridgehead atoms.